The molecule has 3 aromatic rings. The van der Waals surface area contributed by atoms with E-state index < -0.39 is 0 Å². The zero-order valence-electron chi connectivity index (χ0n) is 18.4. The summed E-state index contributed by atoms with van der Waals surface area (Å²) in [7, 11) is 0. The third kappa shape index (κ3) is 4.21. The van der Waals surface area contributed by atoms with Gasteiger partial charge in [-0.15, -0.1) is 0 Å². The molecule has 0 saturated carbocycles. The molecular weight excluding hydrogens is 402 g/mol. The number of carbonyl (C=O) groups is 3. The second-order valence-corrected chi connectivity index (χ2v) is 8.12. The van der Waals surface area contributed by atoms with Crippen molar-refractivity contribution in [1.29, 1.82) is 0 Å². The predicted octanol–water partition coefficient (Wildman–Crippen LogP) is 4.75. The third-order valence-electron chi connectivity index (χ3n) is 5.87. The normalized spacial score (nSPS) is 13.3. The molecule has 0 aliphatic carbocycles. The molecule has 0 bridgehead atoms. The monoisotopic (exact) mass is 429 g/mol. The summed E-state index contributed by atoms with van der Waals surface area (Å²) in [6.07, 6.45) is 1.59. The van der Waals surface area contributed by atoms with Gasteiger partial charge in [-0.05, 0) is 49.4 Å². The standard InChI is InChI=1S/C26H27N3O3/c1-3-17(2)27-25(31)19-11-4-5-13-21(19)28-23(30)15-8-16-29-22-14-7-10-18-9-6-12-20(24(18)22)26(29)32/h4-7,9-14,17H,3,8,15-16H2,1-2H3,(H,27,31)(H,28,30)/t17-/m1/s1. The molecule has 1 heterocycles. The summed E-state index contributed by atoms with van der Waals surface area (Å²) in [6.45, 7) is 4.40. The number of carbonyl (C=O) groups excluding carboxylic acids is 3. The Morgan fingerprint density at radius 3 is 2.53 bits per heavy atom. The molecule has 3 amide bonds. The van der Waals surface area contributed by atoms with E-state index in [2.05, 4.69) is 10.6 Å². The van der Waals surface area contributed by atoms with Crippen molar-refractivity contribution in [1.82, 2.24) is 5.32 Å². The summed E-state index contributed by atoms with van der Waals surface area (Å²) in [6, 6.07) is 18.7. The van der Waals surface area contributed by atoms with Crippen molar-refractivity contribution in [3.8, 4) is 0 Å². The largest absolute Gasteiger partial charge is 0.350 e. The van der Waals surface area contributed by atoms with Crippen LogP contribution in [0.5, 0.6) is 0 Å². The molecule has 4 rings (SSSR count). The molecule has 6 heteroatoms. The first-order valence-corrected chi connectivity index (χ1v) is 11.0. The Labute approximate surface area is 187 Å². The molecule has 0 aromatic heterocycles. The number of nitrogens with one attached hydrogen (secondary N) is 2. The molecule has 0 spiro atoms. The smallest absolute Gasteiger partial charge is 0.258 e. The van der Waals surface area contributed by atoms with Gasteiger partial charge in [0.05, 0.1) is 16.9 Å². The van der Waals surface area contributed by atoms with E-state index >= 15 is 0 Å². The van der Waals surface area contributed by atoms with Gasteiger partial charge >= 0.3 is 0 Å². The maximum Gasteiger partial charge on any atom is 0.258 e. The van der Waals surface area contributed by atoms with Gasteiger partial charge in [0, 0.05) is 30.0 Å². The highest BCUT2D eigenvalue weighted by Gasteiger charge is 2.29. The minimum atomic E-state index is -0.205. The second-order valence-electron chi connectivity index (χ2n) is 8.12. The van der Waals surface area contributed by atoms with Gasteiger partial charge in [0.15, 0.2) is 0 Å². The topological polar surface area (TPSA) is 78.5 Å². The highest BCUT2D eigenvalue weighted by atomic mass is 16.2. The van der Waals surface area contributed by atoms with E-state index in [4.69, 9.17) is 0 Å². The van der Waals surface area contributed by atoms with Gasteiger partial charge in [0.2, 0.25) is 5.91 Å². The Kier molecular flexibility index (Phi) is 6.21. The molecule has 1 aliphatic rings. The van der Waals surface area contributed by atoms with Crippen LogP contribution in [0.25, 0.3) is 10.8 Å². The van der Waals surface area contributed by atoms with Gasteiger partial charge in [0.25, 0.3) is 11.8 Å². The van der Waals surface area contributed by atoms with E-state index in [-0.39, 0.29) is 30.2 Å². The lowest BCUT2D eigenvalue weighted by Gasteiger charge is -2.18. The summed E-state index contributed by atoms with van der Waals surface area (Å²) < 4.78 is 0. The van der Waals surface area contributed by atoms with Crippen molar-refractivity contribution in [2.45, 2.75) is 39.2 Å². The number of benzene rings is 3. The van der Waals surface area contributed by atoms with Crippen molar-refractivity contribution in [3.05, 3.63) is 71.8 Å². The zero-order valence-corrected chi connectivity index (χ0v) is 18.4. The molecule has 2 N–H and O–H groups in total. The minimum Gasteiger partial charge on any atom is -0.350 e. The summed E-state index contributed by atoms with van der Waals surface area (Å²) >= 11 is 0. The van der Waals surface area contributed by atoms with Crippen LogP contribution in [0.2, 0.25) is 0 Å². The molecule has 0 unspecified atom stereocenters. The van der Waals surface area contributed by atoms with E-state index in [1.807, 2.05) is 50.2 Å². The fraction of sp³-hybridized carbons (Fsp3) is 0.269. The van der Waals surface area contributed by atoms with Gasteiger partial charge in [-0.3, -0.25) is 14.4 Å². The van der Waals surface area contributed by atoms with Crippen molar-refractivity contribution >= 4 is 39.9 Å². The molecule has 0 fully saturated rings. The predicted molar refractivity (Wildman–Crippen MR) is 127 cm³/mol. The summed E-state index contributed by atoms with van der Waals surface area (Å²) in [5, 5.41) is 7.80. The molecule has 3 aromatic carbocycles. The van der Waals surface area contributed by atoms with E-state index in [1.165, 1.54) is 0 Å². The van der Waals surface area contributed by atoms with Crippen molar-refractivity contribution < 1.29 is 14.4 Å². The highest BCUT2D eigenvalue weighted by Crippen LogP contribution is 2.37. The van der Waals surface area contributed by atoms with Crippen molar-refractivity contribution in [2.24, 2.45) is 0 Å². The lowest BCUT2D eigenvalue weighted by molar-refractivity contribution is -0.116. The highest BCUT2D eigenvalue weighted by molar-refractivity contribution is 6.25. The number of anilines is 2. The van der Waals surface area contributed by atoms with Gasteiger partial charge in [-0.25, -0.2) is 0 Å². The fourth-order valence-electron chi connectivity index (χ4n) is 4.01. The van der Waals surface area contributed by atoms with E-state index in [1.54, 1.807) is 29.2 Å². The van der Waals surface area contributed by atoms with Gasteiger partial charge in [-0.1, -0.05) is 43.3 Å². The number of rotatable bonds is 8. The lowest BCUT2D eigenvalue weighted by Crippen LogP contribution is -2.32. The number of para-hydroxylation sites is 1. The molecule has 0 radical (unpaired) electrons. The molecule has 1 atom stereocenters. The average Bonchev–Trinajstić information content (AvgIpc) is 3.07. The van der Waals surface area contributed by atoms with E-state index in [9.17, 15) is 14.4 Å². The van der Waals surface area contributed by atoms with Crippen LogP contribution >= 0.6 is 0 Å². The Morgan fingerprint density at radius 2 is 1.75 bits per heavy atom. The summed E-state index contributed by atoms with van der Waals surface area (Å²) in [4.78, 5) is 39.7. The van der Waals surface area contributed by atoms with Crippen LogP contribution in [-0.2, 0) is 4.79 Å². The van der Waals surface area contributed by atoms with Gasteiger partial charge in [0.1, 0.15) is 0 Å². The zero-order chi connectivity index (χ0) is 22.7. The molecule has 6 nitrogen and oxygen atoms in total. The van der Waals surface area contributed by atoms with Crippen LogP contribution in [0.3, 0.4) is 0 Å². The van der Waals surface area contributed by atoms with Crippen LogP contribution in [0.4, 0.5) is 11.4 Å². The maximum atomic E-state index is 12.9. The first-order valence-electron chi connectivity index (χ1n) is 11.0. The molecule has 32 heavy (non-hydrogen) atoms. The summed E-state index contributed by atoms with van der Waals surface area (Å²) in [5.74, 6) is -0.413. The first kappa shape index (κ1) is 21.6. The van der Waals surface area contributed by atoms with Gasteiger partial charge < -0.3 is 15.5 Å². The molecule has 0 saturated heterocycles. The van der Waals surface area contributed by atoms with Crippen molar-refractivity contribution in [2.75, 3.05) is 16.8 Å². The Morgan fingerprint density at radius 1 is 1.00 bits per heavy atom. The average molecular weight is 430 g/mol. The minimum absolute atomic E-state index is 0.0238. The Bertz CT molecular complexity index is 1180. The van der Waals surface area contributed by atoms with E-state index in [0.29, 0.717) is 29.8 Å². The molecule has 1 aliphatic heterocycles. The molecule has 164 valence electrons. The number of nitrogens with zero attached hydrogens (tertiary/aromatic N) is 1. The Balaban J connectivity index is 1.38. The maximum absolute atomic E-state index is 12.9. The first-order chi connectivity index (χ1) is 15.5. The Hall–Kier alpha value is -3.67. The second kappa shape index (κ2) is 9.22. The van der Waals surface area contributed by atoms with Crippen LogP contribution in [0.1, 0.15) is 53.8 Å². The van der Waals surface area contributed by atoms with Crippen molar-refractivity contribution in [3.63, 3.8) is 0 Å². The molecular formula is C26H27N3O3. The lowest BCUT2D eigenvalue weighted by atomic mass is 10.1. The van der Waals surface area contributed by atoms with E-state index in [0.717, 1.165) is 22.9 Å². The number of hydrogen-bond acceptors (Lipinski definition) is 3. The fourth-order valence-corrected chi connectivity index (χ4v) is 4.01. The number of hydrogen-bond donors (Lipinski definition) is 2. The number of amides is 3. The SMILES string of the molecule is CC[C@@H](C)NC(=O)c1ccccc1NC(=O)CCCN1C(=O)c2cccc3cccc1c23. The third-order valence-corrected chi connectivity index (χ3v) is 5.87. The van der Waals surface area contributed by atoms with Crippen LogP contribution < -0.4 is 15.5 Å². The van der Waals surface area contributed by atoms with Crippen LogP contribution in [-0.4, -0.2) is 30.3 Å². The van der Waals surface area contributed by atoms with Crippen LogP contribution in [0.15, 0.2) is 60.7 Å². The van der Waals surface area contributed by atoms with Crippen LogP contribution in [0, 0.1) is 0 Å². The summed E-state index contributed by atoms with van der Waals surface area (Å²) in [5.41, 5.74) is 2.55. The quantitative estimate of drug-likeness (QED) is 0.543. The van der Waals surface area contributed by atoms with Gasteiger partial charge in [-0.2, -0.15) is 0 Å².